The van der Waals surface area contributed by atoms with Gasteiger partial charge >= 0.3 is 5.69 Å². The van der Waals surface area contributed by atoms with Crippen LogP contribution in [0.5, 0.6) is 5.75 Å². The van der Waals surface area contributed by atoms with Crippen LogP contribution in [0.25, 0.3) is 0 Å². The maximum absolute atomic E-state index is 10.9. The third-order valence-electron chi connectivity index (χ3n) is 3.20. The summed E-state index contributed by atoms with van der Waals surface area (Å²) in [5, 5.41) is 15.7. The van der Waals surface area contributed by atoms with E-state index in [4.69, 9.17) is 16.3 Å². The van der Waals surface area contributed by atoms with Gasteiger partial charge in [0.1, 0.15) is 6.61 Å². The van der Waals surface area contributed by atoms with E-state index < -0.39 is 4.92 Å². The summed E-state index contributed by atoms with van der Waals surface area (Å²) in [7, 11) is 0. The van der Waals surface area contributed by atoms with E-state index in [1.165, 1.54) is 18.2 Å². The molecule has 1 aromatic carbocycles. The first-order valence-corrected chi connectivity index (χ1v) is 6.99. The number of halogens is 1. The number of hydrogen-bond donors (Lipinski definition) is 0. The zero-order chi connectivity index (χ0) is 15.4. The molecule has 0 aliphatic carbocycles. The zero-order valence-corrected chi connectivity index (χ0v) is 12.6. The minimum atomic E-state index is -0.497. The second-order valence-electron chi connectivity index (χ2n) is 4.70. The van der Waals surface area contributed by atoms with Crippen LogP contribution in [0.2, 0.25) is 5.02 Å². The summed E-state index contributed by atoms with van der Waals surface area (Å²) < 4.78 is 7.34. The van der Waals surface area contributed by atoms with Crippen molar-refractivity contribution in [3.05, 3.63) is 51.3 Å². The zero-order valence-electron chi connectivity index (χ0n) is 11.8. The fraction of sp³-hybridized carbons (Fsp3) is 0.357. The van der Waals surface area contributed by atoms with Gasteiger partial charge in [0.15, 0.2) is 5.75 Å². The van der Waals surface area contributed by atoms with Crippen molar-refractivity contribution in [1.82, 2.24) is 9.78 Å². The smallest absolute Gasteiger partial charge is 0.311 e. The third kappa shape index (κ3) is 3.72. The molecule has 0 aliphatic rings. The molecule has 1 heterocycles. The number of aromatic nitrogens is 2. The van der Waals surface area contributed by atoms with Crippen molar-refractivity contribution in [3.63, 3.8) is 0 Å². The predicted octanol–water partition coefficient (Wildman–Crippen LogP) is 3.99. The lowest BCUT2D eigenvalue weighted by molar-refractivity contribution is -0.385. The Morgan fingerprint density at radius 1 is 1.48 bits per heavy atom. The quantitative estimate of drug-likeness (QED) is 0.597. The normalized spacial score (nSPS) is 12.1. The minimum absolute atomic E-state index is 0.110. The van der Waals surface area contributed by atoms with Gasteiger partial charge in [0.25, 0.3) is 0 Å². The molecule has 6 nitrogen and oxygen atoms in total. The average molecular weight is 310 g/mol. The first kappa shape index (κ1) is 15.3. The molecule has 0 radical (unpaired) electrons. The molecular weight excluding hydrogens is 294 g/mol. The van der Waals surface area contributed by atoms with Crippen molar-refractivity contribution >= 4 is 17.3 Å². The van der Waals surface area contributed by atoms with Gasteiger partial charge in [-0.15, -0.1) is 0 Å². The third-order valence-corrected chi connectivity index (χ3v) is 3.44. The Morgan fingerprint density at radius 3 is 2.90 bits per heavy atom. The number of hydrogen-bond acceptors (Lipinski definition) is 4. The van der Waals surface area contributed by atoms with Crippen LogP contribution in [0.1, 0.15) is 32.0 Å². The first-order valence-electron chi connectivity index (χ1n) is 6.62. The molecule has 2 aromatic rings. The summed E-state index contributed by atoms with van der Waals surface area (Å²) in [6.07, 6.45) is 2.85. The number of benzene rings is 1. The van der Waals surface area contributed by atoms with E-state index in [9.17, 15) is 10.1 Å². The predicted molar refractivity (Wildman–Crippen MR) is 79.7 cm³/mol. The molecule has 112 valence electrons. The van der Waals surface area contributed by atoms with Gasteiger partial charge in [-0.1, -0.05) is 18.5 Å². The minimum Gasteiger partial charge on any atom is -0.480 e. The molecule has 0 fully saturated rings. The molecule has 21 heavy (non-hydrogen) atoms. The molecule has 0 saturated heterocycles. The van der Waals surface area contributed by atoms with Gasteiger partial charge in [-0.2, -0.15) is 5.10 Å². The highest BCUT2D eigenvalue weighted by Crippen LogP contribution is 2.30. The Morgan fingerprint density at radius 2 is 2.24 bits per heavy atom. The maximum Gasteiger partial charge on any atom is 0.311 e. The molecule has 7 heteroatoms. The van der Waals surface area contributed by atoms with Gasteiger partial charge in [-0.3, -0.25) is 14.8 Å². The highest BCUT2D eigenvalue weighted by atomic mass is 35.5. The summed E-state index contributed by atoms with van der Waals surface area (Å²) in [6, 6.07) is 6.37. The van der Waals surface area contributed by atoms with Crippen LogP contribution < -0.4 is 4.74 Å². The lowest BCUT2D eigenvalue weighted by atomic mass is 10.3. The van der Waals surface area contributed by atoms with E-state index >= 15 is 0 Å². The summed E-state index contributed by atoms with van der Waals surface area (Å²) in [4.78, 5) is 10.4. The van der Waals surface area contributed by atoms with E-state index in [1.54, 1.807) is 0 Å². The van der Waals surface area contributed by atoms with Gasteiger partial charge < -0.3 is 4.74 Å². The molecule has 1 aromatic heterocycles. The van der Waals surface area contributed by atoms with Crippen LogP contribution in [0, 0.1) is 10.1 Å². The number of nitro groups is 1. The fourth-order valence-corrected chi connectivity index (χ4v) is 1.96. The van der Waals surface area contributed by atoms with E-state index in [1.807, 2.05) is 16.9 Å². The first-order chi connectivity index (χ1) is 10.0. The molecule has 1 unspecified atom stereocenters. The Bertz CT molecular complexity index is 642. The maximum atomic E-state index is 10.9. The molecule has 0 N–H and O–H groups in total. The number of ether oxygens (including phenoxy) is 1. The van der Waals surface area contributed by atoms with Crippen molar-refractivity contribution in [2.75, 3.05) is 0 Å². The SMILES string of the molecule is CCC(C)n1ccc(COc2cc(Cl)ccc2[N+](=O)[O-])n1. The van der Waals surface area contributed by atoms with E-state index in [0.717, 1.165) is 6.42 Å². The summed E-state index contributed by atoms with van der Waals surface area (Å²) in [5.74, 6) is 0.144. The van der Waals surface area contributed by atoms with E-state index in [0.29, 0.717) is 16.8 Å². The van der Waals surface area contributed by atoms with Crippen LogP contribution in [0.4, 0.5) is 5.69 Å². The van der Waals surface area contributed by atoms with Gasteiger partial charge in [0.05, 0.1) is 10.6 Å². The lowest BCUT2D eigenvalue weighted by Crippen LogP contribution is -2.06. The largest absolute Gasteiger partial charge is 0.480 e. The molecular formula is C14H16ClN3O3. The van der Waals surface area contributed by atoms with E-state index in [-0.39, 0.29) is 18.0 Å². The fourth-order valence-electron chi connectivity index (χ4n) is 1.79. The van der Waals surface area contributed by atoms with Crippen LogP contribution in [0.3, 0.4) is 0 Å². The monoisotopic (exact) mass is 309 g/mol. The van der Waals surface area contributed by atoms with Gasteiger partial charge in [0, 0.05) is 29.4 Å². The second-order valence-corrected chi connectivity index (χ2v) is 5.14. The highest BCUT2D eigenvalue weighted by Gasteiger charge is 2.16. The number of nitrogens with zero attached hydrogens (tertiary/aromatic N) is 3. The molecule has 1 atom stereocenters. The highest BCUT2D eigenvalue weighted by molar-refractivity contribution is 6.30. The average Bonchev–Trinajstić information content (AvgIpc) is 2.93. The van der Waals surface area contributed by atoms with Crippen molar-refractivity contribution in [3.8, 4) is 5.75 Å². The summed E-state index contributed by atoms with van der Waals surface area (Å²) in [6.45, 7) is 4.31. The van der Waals surface area contributed by atoms with Crippen LogP contribution >= 0.6 is 11.6 Å². The van der Waals surface area contributed by atoms with Gasteiger partial charge in [0.2, 0.25) is 0 Å². The van der Waals surface area contributed by atoms with Gasteiger partial charge in [-0.25, -0.2) is 0 Å². The molecule has 2 rings (SSSR count). The standard InChI is InChI=1S/C14H16ClN3O3/c1-3-10(2)17-7-6-12(16-17)9-21-14-8-11(15)4-5-13(14)18(19)20/h4-8,10H,3,9H2,1-2H3. The van der Waals surface area contributed by atoms with Crippen LogP contribution in [-0.2, 0) is 6.61 Å². The topological polar surface area (TPSA) is 70.2 Å². The molecule has 0 bridgehead atoms. The van der Waals surface area contributed by atoms with Crippen LogP contribution in [-0.4, -0.2) is 14.7 Å². The molecule has 0 spiro atoms. The Balaban J connectivity index is 2.11. The Labute approximate surface area is 127 Å². The van der Waals surface area contributed by atoms with Crippen LogP contribution in [0.15, 0.2) is 30.5 Å². The van der Waals surface area contributed by atoms with Gasteiger partial charge in [-0.05, 0) is 25.5 Å². The van der Waals surface area contributed by atoms with Crippen molar-refractivity contribution < 1.29 is 9.66 Å². The second kappa shape index (κ2) is 6.58. The van der Waals surface area contributed by atoms with Crippen molar-refractivity contribution in [2.24, 2.45) is 0 Å². The lowest BCUT2D eigenvalue weighted by Gasteiger charge is -2.08. The number of nitro benzene ring substituents is 1. The molecule has 0 saturated carbocycles. The Hall–Kier alpha value is -2.08. The van der Waals surface area contributed by atoms with E-state index in [2.05, 4.69) is 18.9 Å². The summed E-state index contributed by atoms with van der Waals surface area (Å²) in [5.41, 5.74) is 0.602. The van der Waals surface area contributed by atoms with Crippen molar-refractivity contribution in [2.45, 2.75) is 32.9 Å². The summed E-state index contributed by atoms with van der Waals surface area (Å²) >= 11 is 5.85. The Kier molecular flexibility index (Phi) is 4.80. The molecule has 0 amide bonds. The van der Waals surface area contributed by atoms with Crippen molar-refractivity contribution in [1.29, 1.82) is 0 Å². The molecule has 0 aliphatic heterocycles. The number of rotatable bonds is 6.